The van der Waals surface area contributed by atoms with Gasteiger partial charge >= 0.3 is 0 Å². The van der Waals surface area contributed by atoms with Crippen LogP contribution >= 0.6 is 0 Å². The Kier molecular flexibility index (Phi) is 5.05. The summed E-state index contributed by atoms with van der Waals surface area (Å²) in [6.07, 6.45) is 0. The average Bonchev–Trinajstić information content (AvgIpc) is 2.99. The number of aromatic nitrogens is 1. The molecule has 2 aromatic rings. The van der Waals surface area contributed by atoms with Gasteiger partial charge in [-0.3, -0.25) is 4.79 Å². The normalized spacial score (nSPS) is 11.3. The van der Waals surface area contributed by atoms with Crippen molar-refractivity contribution in [2.45, 2.75) is 39.7 Å². The van der Waals surface area contributed by atoms with Gasteiger partial charge in [0.1, 0.15) is 11.5 Å². The molecule has 0 spiro atoms. The summed E-state index contributed by atoms with van der Waals surface area (Å²) in [7, 11) is 0. The minimum atomic E-state index is -0.364. The number of aliphatic hydroxyl groups is 1. The fourth-order valence-corrected chi connectivity index (χ4v) is 2.01. The summed E-state index contributed by atoms with van der Waals surface area (Å²) < 4.78 is 10.6. The van der Waals surface area contributed by atoms with Gasteiger partial charge in [-0.1, -0.05) is 25.9 Å². The molecule has 6 heteroatoms. The Morgan fingerprint density at radius 3 is 2.65 bits per heavy atom. The highest BCUT2D eigenvalue weighted by Crippen LogP contribution is 2.25. The third kappa shape index (κ3) is 4.10. The summed E-state index contributed by atoms with van der Waals surface area (Å²) in [6, 6.07) is 6.74. The molecule has 0 aliphatic heterocycles. The number of anilines is 1. The summed E-state index contributed by atoms with van der Waals surface area (Å²) >= 11 is 0. The van der Waals surface area contributed by atoms with E-state index < -0.39 is 0 Å². The summed E-state index contributed by atoms with van der Waals surface area (Å²) in [5.74, 6) is 0.882. The van der Waals surface area contributed by atoms with E-state index in [1.54, 1.807) is 24.3 Å². The van der Waals surface area contributed by atoms with Crippen molar-refractivity contribution in [3.8, 4) is 5.75 Å². The van der Waals surface area contributed by atoms with Crippen molar-refractivity contribution in [1.82, 2.24) is 5.16 Å². The topological polar surface area (TPSA) is 84.6 Å². The Labute approximate surface area is 135 Å². The number of amides is 1. The van der Waals surface area contributed by atoms with Crippen LogP contribution in [0.15, 0.2) is 28.8 Å². The number of carbonyl (C=O) groups excluding carboxylic acids is 1. The van der Waals surface area contributed by atoms with E-state index in [-0.39, 0.29) is 23.6 Å². The molecular formula is C17H22N2O4. The molecule has 1 heterocycles. The van der Waals surface area contributed by atoms with Crippen molar-refractivity contribution < 1.29 is 19.2 Å². The highest BCUT2D eigenvalue weighted by Gasteiger charge is 2.22. The summed E-state index contributed by atoms with van der Waals surface area (Å²) in [5.41, 5.74) is 1.17. The van der Waals surface area contributed by atoms with E-state index in [1.807, 2.05) is 27.7 Å². The van der Waals surface area contributed by atoms with E-state index >= 15 is 0 Å². The minimum Gasteiger partial charge on any atom is -0.494 e. The first-order chi connectivity index (χ1) is 10.8. The van der Waals surface area contributed by atoms with Crippen LogP contribution in [0.1, 0.15) is 49.5 Å². The Bertz CT molecular complexity index is 686. The Balaban J connectivity index is 2.15. The van der Waals surface area contributed by atoms with Gasteiger partial charge in [0.05, 0.1) is 13.2 Å². The zero-order valence-electron chi connectivity index (χ0n) is 13.8. The molecule has 0 aliphatic carbocycles. The maximum Gasteiger partial charge on any atom is 0.277 e. The van der Waals surface area contributed by atoms with E-state index in [0.29, 0.717) is 29.4 Å². The molecular weight excluding hydrogens is 296 g/mol. The van der Waals surface area contributed by atoms with Crippen LogP contribution in [0.3, 0.4) is 0 Å². The number of benzene rings is 1. The summed E-state index contributed by atoms with van der Waals surface area (Å²) in [4.78, 5) is 12.2. The predicted molar refractivity (Wildman–Crippen MR) is 86.7 cm³/mol. The van der Waals surface area contributed by atoms with Crippen molar-refractivity contribution in [3.05, 3.63) is 41.3 Å². The van der Waals surface area contributed by atoms with Crippen LogP contribution in [0, 0.1) is 0 Å². The number of rotatable bonds is 5. The zero-order valence-corrected chi connectivity index (χ0v) is 13.8. The van der Waals surface area contributed by atoms with Gasteiger partial charge in [-0.05, 0) is 25.1 Å². The van der Waals surface area contributed by atoms with Gasteiger partial charge in [-0.25, -0.2) is 0 Å². The SMILES string of the molecule is CCOc1ccc(NC(=O)c2cc(C(C)(C)C)on2)cc1CO. The lowest BCUT2D eigenvalue weighted by atomic mass is 9.93. The lowest BCUT2D eigenvalue weighted by Crippen LogP contribution is -2.13. The van der Waals surface area contributed by atoms with E-state index in [9.17, 15) is 9.90 Å². The summed E-state index contributed by atoms with van der Waals surface area (Å²) in [6.45, 7) is 8.15. The van der Waals surface area contributed by atoms with E-state index in [4.69, 9.17) is 9.26 Å². The van der Waals surface area contributed by atoms with Crippen molar-refractivity contribution >= 4 is 11.6 Å². The van der Waals surface area contributed by atoms with Crippen molar-refractivity contribution in [2.75, 3.05) is 11.9 Å². The second-order valence-corrected chi connectivity index (χ2v) is 6.19. The quantitative estimate of drug-likeness (QED) is 0.885. The second kappa shape index (κ2) is 6.83. The fourth-order valence-electron chi connectivity index (χ4n) is 2.01. The fraction of sp³-hybridized carbons (Fsp3) is 0.412. The molecule has 0 aliphatic rings. The average molecular weight is 318 g/mol. The van der Waals surface area contributed by atoms with Gasteiger partial charge in [0.25, 0.3) is 5.91 Å². The molecule has 0 atom stereocenters. The van der Waals surface area contributed by atoms with Gasteiger partial charge in [0, 0.05) is 22.7 Å². The number of ether oxygens (including phenoxy) is 1. The van der Waals surface area contributed by atoms with Crippen molar-refractivity contribution in [1.29, 1.82) is 0 Å². The standard InChI is InChI=1S/C17H22N2O4/c1-5-22-14-7-6-12(8-11(14)10-20)18-16(21)13-9-15(23-19-13)17(2,3)4/h6-9,20H,5,10H2,1-4H3,(H,18,21). The van der Waals surface area contributed by atoms with Gasteiger partial charge in [-0.2, -0.15) is 0 Å². The van der Waals surface area contributed by atoms with Crippen molar-refractivity contribution in [2.24, 2.45) is 0 Å². The number of nitrogens with zero attached hydrogens (tertiary/aromatic N) is 1. The van der Waals surface area contributed by atoms with Gasteiger partial charge < -0.3 is 19.7 Å². The Hall–Kier alpha value is -2.34. The minimum absolute atomic E-state index is 0.169. The van der Waals surface area contributed by atoms with Crippen LogP contribution < -0.4 is 10.1 Å². The van der Waals surface area contributed by atoms with Crippen LogP contribution in [0.5, 0.6) is 5.75 Å². The van der Waals surface area contributed by atoms with E-state index in [0.717, 1.165) is 0 Å². The zero-order chi connectivity index (χ0) is 17.0. The third-order valence-corrected chi connectivity index (χ3v) is 3.27. The maximum atomic E-state index is 12.2. The van der Waals surface area contributed by atoms with Crippen LogP contribution in [0.25, 0.3) is 0 Å². The van der Waals surface area contributed by atoms with Crippen LogP contribution in [-0.2, 0) is 12.0 Å². The molecule has 1 amide bonds. The molecule has 1 aromatic heterocycles. The van der Waals surface area contributed by atoms with Crippen LogP contribution in [0.4, 0.5) is 5.69 Å². The Morgan fingerprint density at radius 2 is 2.09 bits per heavy atom. The largest absolute Gasteiger partial charge is 0.494 e. The van der Waals surface area contributed by atoms with Crippen LogP contribution in [0.2, 0.25) is 0 Å². The van der Waals surface area contributed by atoms with Gasteiger partial charge in [-0.15, -0.1) is 0 Å². The molecule has 23 heavy (non-hydrogen) atoms. The molecule has 0 saturated carbocycles. The van der Waals surface area contributed by atoms with E-state index in [1.165, 1.54) is 0 Å². The van der Waals surface area contributed by atoms with Crippen LogP contribution in [-0.4, -0.2) is 22.8 Å². The van der Waals surface area contributed by atoms with Crippen molar-refractivity contribution in [3.63, 3.8) is 0 Å². The highest BCUT2D eigenvalue weighted by molar-refractivity contribution is 6.02. The second-order valence-electron chi connectivity index (χ2n) is 6.19. The van der Waals surface area contributed by atoms with Gasteiger partial charge in [0.2, 0.25) is 0 Å². The maximum absolute atomic E-state index is 12.2. The summed E-state index contributed by atoms with van der Waals surface area (Å²) in [5, 5.41) is 15.9. The third-order valence-electron chi connectivity index (χ3n) is 3.27. The first-order valence-electron chi connectivity index (χ1n) is 7.50. The lowest BCUT2D eigenvalue weighted by Gasteiger charge is -2.12. The smallest absolute Gasteiger partial charge is 0.277 e. The lowest BCUT2D eigenvalue weighted by molar-refractivity contribution is 0.101. The number of aliphatic hydroxyl groups excluding tert-OH is 1. The number of hydrogen-bond acceptors (Lipinski definition) is 5. The molecule has 124 valence electrons. The first kappa shape index (κ1) is 17.0. The molecule has 0 fully saturated rings. The first-order valence-corrected chi connectivity index (χ1v) is 7.50. The molecule has 1 aromatic carbocycles. The Morgan fingerprint density at radius 1 is 1.35 bits per heavy atom. The number of nitrogens with one attached hydrogen (secondary N) is 1. The number of hydrogen-bond donors (Lipinski definition) is 2. The molecule has 0 bridgehead atoms. The molecule has 2 rings (SSSR count). The number of carbonyl (C=O) groups is 1. The molecule has 0 saturated heterocycles. The molecule has 0 radical (unpaired) electrons. The molecule has 0 unspecified atom stereocenters. The predicted octanol–water partition coefficient (Wildman–Crippen LogP) is 3.12. The monoisotopic (exact) mass is 318 g/mol. The van der Waals surface area contributed by atoms with Gasteiger partial charge in [0.15, 0.2) is 5.69 Å². The highest BCUT2D eigenvalue weighted by atomic mass is 16.5. The molecule has 2 N–H and O–H groups in total. The molecule has 6 nitrogen and oxygen atoms in total. The van der Waals surface area contributed by atoms with E-state index in [2.05, 4.69) is 10.5 Å².